The van der Waals surface area contributed by atoms with Gasteiger partial charge in [-0.2, -0.15) is 0 Å². The van der Waals surface area contributed by atoms with E-state index in [4.69, 9.17) is 0 Å². The number of aryl methyl sites for hydroxylation is 2. The first-order valence-electron chi connectivity index (χ1n) is 6.50. The predicted molar refractivity (Wildman–Crippen MR) is 84.8 cm³/mol. The highest BCUT2D eigenvalue weighted by Crippen LogP contribution is 2.15. The maximum absolute atomic E-state index is 12.2. The van der Waals surface area contributed by atoms with Crippen molar-refractivity contribution in [3.8, 4) is 0 Å². The molecule has 2 rings (SSSR count). The van der Waals surface area contributed by atoms with Gasteiger partial charge in [0, 0.05) is 24.1 Å². The normalized spacial score (nSPS) is 10.3. The molecule has 0 saturated carbocycles. The van der Waals surface area contributed by atoms with Gasteiger partial charge in [0.15, 0.2) is 0 Å². The highest BCUT2D eigenvalue weighted by molar-refractivity contribution is 9.10. The van der Waals surface area contributed by atoms with Crippen molar-refractivity contribution in [2.45, 2.75) is 19.8 Å². The lowest BCUT2D eigenvalue weighted by Crippen LogP contribution is -2.27. The van der Waals surface area contributed by atoms with Crippen molar-refractivity contribution in [2.24, 2.45) is 0 Å². The second-order valence-corrected chi connectivity index (χ2v) is 5.69. The van der Waals surface area contributed by atoms with Gasteiger partial charge in [0.2, 0.25) is 5.91 Å². The fourth-order valence-electron chi connectivity index (χ4n) is 1.98. The largest absolute Gasteiger partial charge is 0.300 e. The Bertz CT molecular complexity index is 596. The van der Waals surface area contributed by atoms with E-state index in [1.165, 1.54) is 11.1 Å². The van der Waals surface area contributed by atoms with Crippen molar-refractivity contribution in [3.63, 3.8) is 0 Å². The van der Waals surface area contributed by atoms with Crippen LogP contribution in [-0.2, 0) is 11.2 Å². The summed E-state index contributed by atoms with van der Waals surface area (Å²) in [6.45, 7) is 2.06. The molecule has 1 aromatic carbocycles. The zero-order valence-electron chi connectivity index (χ0n) is 11.6. The Hall–Kier alpha value is -1.68. The highest BCUT2D eigenvalue weighted by Gasteiger charge is 2.11. The van der Waals surface area contributed by atoms with Crippen molar-refractivity contribution >= 4 is 27.7 Å². The van der Waals surface area contributed by atoms with Crippen LogP contribution in [0.25, 0.3) is 0 Å². The average molecular weight is 333 g/mol. The second kappa shape index (κ2) is 6.66. The maximum atomic E-state index is 12.2. The molecule has 0 aliphatic carbocycles. The standard InChI is InChI=1S/C16H17BrN2O/c1-12-4-3-5-13(10-12)6-9-16(20)19(2)15-8-7-14(17)11-18-15/h3-5,7-8,10-11H,6,9H2,1-2H3. The number of aromatic nitrogens is 1. The number of amides is 1. The lowest BCUT2D eigenvalue weighted by atomic mass is 10.1. The van der Waals surface area contributed by atoms with Gasteiger partial charge in [-0.05, 0) is 47.0 Å². The van der Waals surface area contributed by atoms with Gasteiger partial charge in [-0.15, -0.1) is 0 Å². The quantitative estimate of drug-likeness (QED) is 0.854. The van der Waals surface area contributed by atoms with E-state index < -0.39 is 0 Å². The number of pyridine rings is 1. The van der Waals surface area contributed by atoms with Crippen LogP contribution < -0.4 is 4.90 Å². The summed E-state index contributed by atoms with van der Waals surface area (Å²) in [5.74, 6) is 0.740. The summed E-state index contributed by atoms with van der Waals surface area (Å²) in [5.41, 5.74) is 2.41. The number of halogens is 1. The molecule has 0 radical (unpaired) electrons. The Morgan fingerprint density at radius 1 is 1.30 bits per heavy atom. The van der Waals surface area contributed by atoms with E-state index in [0.717, 1.165) is 10.9 Å². The van der Waals surface area contributed by atoms with Crippen molar-refractivity contribution in [1.82, 2.24) is 4.98 Å². The summed E-state index contributed by atoms with van der Waals surface area (Å²) in [5, 5.41) is 0. The Balaban J connectivity index is 1.96. The van der Waals surface area contributed by atoms with Crippen molar-refractivity contribution in [3.05, 3.63) is 58.2 Å². The van der Waals surface area contributed by atoms with Crippen LogP contribution in [0.5, 0.6) is 0 Å². The summed E-state index contributed by atoms with van der Waals surface area (Å²) in [6, 6.07) is 12.0. The molecule has 1 amide bonds. The van der Waals surface area contributed by atoms with Crippen LogP contribution in [0.4, 0.5) is 5.82 Å². The van der Waals surface area contributed by atoms with Gasteiger partial charge in [0.1, 0.15) is 5.82 Å². The van der Waals surface area contributed by atoms with Gasteiger partial charge in [0.05, 0.1) is 0 Å². The third-order valence-corrected chi connectivity index (χ3v) is 3.61. The minimum atomic E-state index is 0.0707. The molecule has 0 aliphatic rings. The summed E-state index contributed by atoms with van der Waals surface area (Å²) >= 11 is 3.33. The first kappa shape index (κ1) is 14.7. The molecular weight excluding hydrogens is 316 g/mol. The van der Waals surface area contributed by atoms with Gasteiger partial charge < -0.3 is 0 Å². The predicted octanol–water partition coefficient (Wildman–Crippen LogP) is 3.75. The Morgan fingerprint density at radius 3 is 2.75 bits per heavy atom. The van der Waals surface area contributed by atoms with Gasteiger partial charge >= 0.3 is 0 Å². The topological polar surface area (TPSA) is 33.2 Å². The highest BCUT2D eigenvalue weighted by atomic mass is 79.9. The van der Waals surface area contributed by atoms with Crippen LogP contribution in [-0.4, -0.2) is 17.9 Å². The zero-order valence-corrected chi connectivity index (χ0v) is 13.2. The summed E-state index contributed by atoms with van der Waals surface area (Å²) in [6.07, 6.45) is 2.93. The van der Waals surface area contributed by atoms with Crippen molar-refractivity contribution in [1.29, 1.82) is 0 Å². The van der Waals surface area contributed by atoms with E-state index in [1.54, 1.807) is 18.1 Å². The fourth-order valence-corrected chi connectivity index (χ4v) is 2.22. The van der Waals surface area contributed by atoms with Crippen LogP contribution in [0.1, 0.15) is 17.5 Å². The average Bonchev–Trinajstić information content (AvgIpc) is 2.45. The molecule has 0 N–H and O–H groups in total. The third kappa shape index (κ3) is 3.90. The number of rotatable bonds is 4. The maximum Gasteiger partial charge on any atom is 0.228 e. The van der Waals surface area contributed by atoms with E-state index in [-0.39, 0.29) is 5.91 Å². The zero-order chi connectivity index (χ0) is 14.5. The molecule has 0 bridgehead atoms. The minimum absolute atomic E-state index is 0.0707. The van der Waals surface area contributed by atoms with Gasteiger partial charge in [0.25, 0.3) is 0 Å². The van der Waals surface area contributed by atoms with Crippen LogP contribution >= 0.6 is 15.9 Å². The van der Waals surface area contributed by atoms with Gasteiger partial charge in [-0.25, -0.2) is 4.98 Å². The Labute approximate surface area is 127 Å². The monoisotopic (exact) mass is 332 g/mol. The van der Waals surface area contributed by atoms with E-state index in [1.807, 2.05) is 18.2 Å². The fraction of sp³-hybridized carbons (Fsp3) is 0.250. The smallest absolute Gasteiger partial charge is 0.228 e. The first-order valence-corrected chi connectivity index (χ1v) is 7.29. The number of nitrogens with zero attached hydrogens (tertiary/aromatic N) is 2. The molecule has 0 atom stereocenters. The molecule has 0 aliphatic heterocycles. The third-order valence-electron chi connectivity index (χ3n) is 3.14. The molecule has 3 nitrogen and oxygen atoms in total. The number of hydrogen-bond acceptors (Lipinski definition) is 2. The molecule has 0 saturated heterocycles. The molecule has 104 valence electrons. The SMILES string of the molecule is Cc1cccc(CCC(=O)N(C)c2ccc(Br)cn2)c1. The Morgan fingerprint density at radius 2 is 2.10 bits per heavy atom. The number of carbonyl (C=O) groups excluding carboxylic acids is 1. The molecule has 4 heteroatoms. The molecule has 0 spiro atoms. The van der Waals surface area contributed by atoms with Crippen molar-refractivity contribution < 1.29 is 4.79 Å². The molecule has 0 unspecified atom stereocenters. The van der Waals surface area contributed by atoms with E-state index in [0.29, 0.717) is 12.2 Å². The van der Waals surface area contributed by atoms with E-state index >= 15 is 0 Å². The summed E-state index contributed by atoms with van der Waals surface area (Å²) in [4.78, 5) is 18.0. The number of benzene rings is 1. The molecule has 20 heavy (non-hydrogen) atoms. The number of carbonyl (C=O) groups is 1. The molecule has 1 aromatic heterocycles. The van der Waals surface area contributed by atoms with E-state index in [9.17, 15) is 4.79 Å². The summed E-state index contributed by atoms with van der Waals surface area (Å²) in [7, 11) is 1.76. The number of anilines is 1. The number of hydrogen-bond donors (Lipinski definition) is 0. The Kier molecular flexibility index (Phi) is 4.90. The lowest BCUT2D eigenvalue weighted by Gasteiger charge is -2.16. The molecular formula is C16H17BrN2O. The van der Waals surface area contributed by atoms with Crippen LogP contribution in [0.15, 0.2) is 47.1 Å². The van der Waals surface area contributed by atoms with Gasteiger partial charge in [-0.1, -0.05) is 29.8 Å². The molecule has 1 heterocycles. The lowest BCUT2D eigenvalue weighted by molar-refractivity contribution is -0.118. The first-order chi connectivity index (χ1) is 9.56. The van der Waals surface area contributed by atoms with E-state index in [2.05, 4.69) is 46.0 Å². The molecule has 0 fully saturated rings. The minimum Gasteiger partial charge on any atom is -0.300 e. The summed E-state index contributed by atoms with van der Waals surface area (Å²) < 4.78 is 0.904. The van der Waals surface area contributed by atoms with Gasteiger partial charge in [-0.3, -0.25) is 9.69 Å². The molecule has 2 aromatic rings. The van der Waals surface area contributed by atoms with Crippen LogP contribution in [0.2, 0.25) is 0 Å². The van der Waals surface area contributed by atoms with Crippen LogP contribution in [0, 0.1) is 6.92 Å². The van der Waals surface area contributed by atoms with Crippen LogP contribution in [0.3, 0.4) is 0 Å². The van der Waals surface area contributed by atoms with Crippen molar-refractivity contribution in [2.75, 3.05) is 11.9 Å². The second-order valence-electron chi connectivity index (χ2n) is 4.78.